The van der Waals surface area contributed by atoms with Crippen molar-refractivity contribution in [1.82, 2.24) is 15.0 Å². The van der Waals surface area contributed by atoms with Crippen molar-refractivity contribution in [3.05, 3.63) is 23.2 Å². The predicted molar refractivity (Wildman–Crippen MR) is 47.6 cm³/mol. The minimum Gasteiger partial charge on any atom is -0.368 e. The molecule has 0 radical (unpaired) electrons. The Morgan fingerprint density at radius 1 is 1.33 bits per heavy atom. The smallest absolute Gasteiger partial charge is 0.223 e. The van der Waals surface area contributed by atoms with Crippen LogP contribution in [0.15, 0.2) is 23.2 Å². The molecule has 2 N–H and O–H groups in total. The molecule has 0 spiro atoms. The van der Waals surface area contributed by atoms with E-state index in [-0.39, 0.29) is 5.95 Å². The summed E-state index contributed by atoms with van der Waals surface area (Å²) >= 11 is 1.60. The van der Waals surface area contributed by atoms with Crippen LogP contribution in [0.1, 0.15) is 0 Å². The largest absolute Gasteiger partial charge is 0.368 e. The summed E-state index contributed by atoms with van der Waals surface area (Å²) in [7, 11) is 0. The monoisotopic (exact) mass is 178 g/mol. The summed E-state index contributed by atoms with van der Waals surface area (Å²) in [5.74, 6) is 0.884. The van der Waals surface area contributed by atoms with Gasteiger partial charge >= 0.3 is 0 Å². The number of nitrogens with zero attached hydrogens (tertiary/aromatic N) is 3. The Labute approximate surface area is 73.1 Å². The second kappa shape index (κ2) is 2.86. The molecule has 5 heteroatoms. The quantitative estimate of drug-likeness (QED) is 0.712. The highest BCUT2D eigenvalue weighted by atomic mass is 32.1. The summed E-state index contributed by atoms with van der Waals surface area (Å²) in [5, 5.41) is 3.93. The van der Waals surface area contributed by atoms with Crippen LogP contribution in [0.5, 0.6) is 0 Å². The average molecular weight is 178 g/mol. The van der Waals surface area contributed by atoms with Gasteiger partial charge in [-0.1, -0.05) is 0 Å². The Kier molecular flexibility index (Phi) is 1.71. The maximum absolute atomic E-state index is 5.41. The molecule has 0 aliphatic carbocycles. The standard InChI is InChI=1S/C7H6N4S/c8-7-10-4-9-6(11-7)5-1-2-12-3-5/h1-4H,(H2,8,9,10,11). The topological polar surface area (TPSA) is 64.7 Å². The number of nitrogen functional groups attached to an aromatic ring is 1. The molecule has 12 heavy (non-hydrogen) atoms. The van der Waals surface area contributed by atoms with E-state index in [1.807, 2.05) is 16.8 Å². The van der Waals surface area contributed by atoms with E-state index in [0.29, 0.717) is 5.82 Å². The lowest BCUT2D eigenvalue weighted by atomic mass is 10.3. The van der Waals surface area contributed by atoms with Crippen molar-refractivity contribution in [1.29, 1.82) is 0 Å². The number of hydrogen-bond donors (Lipinski definition) is 1. The van der Waals surface area contributed by atoms with Crippen LogP contribution in [0.25, 0.3) is 11.4 Å². The highest BCUT2D eigenvalue weighted by Crippen LogP contribution is 2.17. The zero-order valence-corrected chi connectivity index (χ0v) is 6.95. The first kappa shape index (κ1) is 7.17. The number of anilines is 1. The maximum Gasteiger partial charge on any atom is 0.223 e. The lowest BCUT2D eigenvalue weighted by Crippen LogP contribution is -1.97. The Bertz CT molecular complexity index is 371. The van der Waals surface area contributed by atoms with Crippen molar-refractivity contribution in [2.75, 3.05) is 5.73 Å². The van der Waals surface area contributed by atoms with Crippen LogP contribution < -0.4 is 5.73 Å². The number of hydrogen-bond acceptors (Lipinski definition) is 5. The van der Waals surface area contributed by atoms with E-state index in [1.54, 1.807) is 11.3 Å². The van der Waals surface area contributed by atoms with E-state index >= 15 is 0 Å². The molecule has 0 unspecified atom stereocenters. The molecule has 60 valence electrons. The van der Waals surface area contributed by atoms with E-state index in [9.17, 15) is 0 Å². The fourth-order valence-corrected chi connectivity index (χ4v) is 1.47. The van der Waals surface area contributed by atoms with E-state index in [4.69, 9.17) is 5.73 Å². The molecular weight excluding hydrogens is 172 g/mol. The van der Waals surface area contributed by atoms with Crippen LogP contribution >= 0.6 is 11.3 Å². The van der Waals surface area contributed by atoms with Crippen molar-refractivity contribution < 1.29 is 0 Å². The van der Waals surface area contributed by atoms with Gasteiger partial charge in [0.2, 0.25) is 5.95 Å². The minimum atomic E-state index is 0.256. The lowest BCUT2D eigenvalue weighted by molar-refractivity contribution is 1.07. The molecule has 2 rings (SSSR count). The van der Waals surface area contributed by atoms with Gasteiger partial charge in [-0.3, -0.25) is 0 Å². The Hall–Kier alpha value is -1.49. The summed E-state index contributed by atoms with van der Waals surface area (Å²) in [6, 6.07) is 1.94. The Morgan fingerprint density at radius 3 is 2.92 bits per heavy atom. The van der Waals surface area contributed by atoms with Crippen molar-refractivity contribution in [2.45, 2.75) is 0 Å². The summed E-state index contributed by atoms with van der Waals surface area (Å²) in [5.41, 5.74) is 6.39. The highest BCUT2D eigenvalue weighted by Gasteiger charge is 2.00. The molecule has 0 amide bonds. The van der Waals surface area contributed by atoms with Gasteiger partial charge in [0.25, 0.3) is 0 Å². The first-order valence-electron chi connectivity index (χ1n) is 3.33. The first-order valence-corrected chi connectivity index (χ1v) is 4.27. The molecule has 0 aliphatic rings. The highest BCUT2D eigenvalue weighted by molar-refractivity contribution is 7.08. The number of aromatic nitrogens is 3. The van der Waals surface area contributed by atoms with Gasteiger partial charge < -0.3 is 5.73 Å². The summed E-state index contributed by atoms with van der Waals surface area (Å²) < 4.78 is 0. The summed E-state index contributed by atoms with van der Waals surface area (Å²) in [6.07, 6.45) is 1.41. The minimum absolute atomic E-state index is 0.256. The number of rotatable bonds is 1. The third-order valence-corrected chi connectivity index (χ3v) is 2.05. The molecular formula is C7H6N4S. The van der Waals surface area contributed by atoms with Crippen molar-refractivity contribution >= 4 is 17.3 Å². The molecule has 0 fully saturated rings. The second-order valence-electron chi connectivity index (χ2n) is 2.18. The van der Waals surface area contributed by atoms with Gasteiger partial charge in [0.05, 0.1) is 0 Å². The van der Waals surface area contributed by atoms with Gasteiger partial charge in [0, 0.05) is 10.9 Å². The van der Waals surface area contributed by atoms with Crippen LogP contribution in [-0.2, 0) is 0 Å². The van der Waals surface area contributed by atoms with Crippen LogP contribution in [0.3, 0.4) is 0 Å². The zero-order chi connectivity index (χ0) is 8.39. The number of thiophene rings is 1. The van der Waals surface area contributed by atoms with Crippen molar-refractivity contribution in [3.8, 4) is 11.4 Å². The van der Waals surface area contributed by atoms with Gasteiger partial charge in [0.15, 0.2) is 5.82 Å². The van der Waals surface area contributed by atoms with E-state index in [2.05, 4.69) is 15.0 Å². The maximum atomic E-state index is 5.41. The third-order valence-electron chi connectivity index (χ3n) is 1.37. The fourth-order valence-electron chi connectivity index (χ4n) is 0.840. The lowest BCUT2D eigenvalue weighted by Gasteiger charge is -1.94. The van der Waals surface area contributed by atoms with E-state index < -0.39 is 0 Å². The van der Waals surface area contributed by atoms with Gasteiger partial charge in [-0.05, 0) is 11.4 Å². The fraction of sp³-hybridized carbons (Fsp3) is 0. The molecule has 2 aromatic rings. The molecule has 4 nitrogen and oxygen atoms in total. The Balaban J connectivity index is 2.48. The van der Waals surface area contributed by atoms with Crippen LogP contribution in [0.4, 0.5) is 5.95 Å². The van der Waals surface area contributed by atoms with Gasteiger partial charge in [0.1, 0.15) is 6.33 Å². The molecule has 2 heterocycles. The van der Waals surface area contributed by atoms with Crippen LogP contribution in [0.2, 0.25) is 0 Å². The van der Waals surface area contributed by atoms with Gasteiger partial charge in [-0.2, -0.15) is 16.3 Å². The third kappa shape index (κ3) is 1.26. The normalized spacial score (nSPS) is 10.0. The number of nitrogens with two attached hydrogens (primary N) is 1. The van der Waals surface area contributed by atoms with Crippen LogP contribution in [-0.4, -0.2) is 15.0 Å². The predicted octanol–water partition coefficient (Wildman–Crippen LogP) is 1.18. The molecule has 0 bridgehead atoms. The van der Waals surface area contributed by atoms with E-state index in [0.717, 1.165) is 5.56 Å². The van der Waals surface area contributed by atoms with Gasteiger partial charge in [-0.25, -0.2) is 9.97 Å². The zero-order valence-electron chi connectivity index (χ0n) is 6.14. The second-order valence-corrected chi connectivity index (χ2v) is 2.96. The average Bonchev–Trinajstić information content (AvgIpc) is 2.56. The van der Waals surface area contributed by atoms with Crippen molar-refractivity contribution in [2.24, 2.45) is 0 Å². The van der Waals surface area contributed by atoms with Crippen molar-refractivity contribution in [3.63, 3.8) is 0 Å². The Morgan fingerprint density at radius 2 is 2.25 bits per heavy atom. The summed E-state index contributed by atoms with van der Waals surface area (Å²) in [4.78, 5) is 11.7. The van der Waals surface area contributed by atoms with Crippen LogP contribution in [0, 0.1) is 0 Å². The summed E-state index contributed by atoms with van der Waals surface area (Å²) in [6.45, 7) is 0. The molecule has 0 atom stereocenters. The molecule has 0 saturated heterocycles. The van der Waals surface area contributed by atoms with E-state index in [1.165, 1.54) is 6.33 Å². The molecule has 2 aromatic heterocycles. The molecule has 0 aliphatic heterocycles. The molecule has 0 saturated carbocycles. The van der Waals surface area contributed by atoms with Gasteiger partial charge in [-0.15, -0.1) is 0 Å². The SMILES string of the molecule is Nc1ncnc(-c2ccsc2)n1. The first-order chi connectivity index (χ1) is 5.86. The molecule has 0 aromatic carbocycles.